The number of rotatable bonds is 18. The number of hydrogen-bond donors (Lipinski definition) is 0. The van der Waals surface area contributed by atoms with E-state index in [-0.39, 0.29) is 11.5 Å². The molecule has 0 heterocycles. The van der Waals surface area contributed by atoms with Gasteiger partial charge in [-0.25, -0.2) is 13.2 Å². The molecule has 1 unspecified atom stereocenters. The fourth-order valence-corrected chi connectivity index (χ4v) is 4.23. The summed E-state index contributed by atoms with van der Waals surface area (Å²) >= 11 is 0. The molecule has 31 heavy (non-hydrogen) atoms. The molecule has 180 valence electrons. The van der Waals surface area contributed by atoms with Gasteiger partial charge in [-0.3, -0.25) is 0 Å². The van der Waals surface area contributed by atoms with Crippen LogP contribution in [0.25, 0.3) is 0 Å². The van der Waals surface area contributed by atoms with Crippen molar-refractivity contribution in [1.29, 1.82) is 0 Å². The molecule has 0 N–H and O–H groups in total. The van der Waals surface area contributed by atoms with E-state index in [1.54, 1.807) is 21.3 Å². The lowest BCUT2D eigenvalue weighted by Gasteiger charge is -2.36. The highest BCUT2D eigenvalue weighted by atomic mass is 19.2. The number of unbranched alkanes of at least 4 members (excludes halogenated alkanes) is 8. The molecule has 0 aromatic heterocycles. The van der Waals surface area contributed by atoms with Gasteiger partial charge in [-0.1, -0.05) is 64.7 Å². The Morgan fingerprint density at radius 1 is 0.677 bits per heavy atom. The summed E-state index contributed by atoms with van der Waals surface area (Å²) in [6, 6.07) is 1.59. The van der Waals surface area contributed by atoms with Crippen molar-refractivity contribution in [3.05, 3.63) is 35.1 Å². The molecule has 0 saturated heterocycles. The Bertz CT molecular complexity index is 598. The van der Waals surface area contributed by atoms with Crippen LogP contribution in [-0.4, -0.2) is 27.3 Å². The monoisotopic (exact) mass is 446 g/mol. The Morgan fingerprint density at radius 3 is 1.71 bits per heavy atom. The third kappa shape index (κ3) is 9.50. The van der Waals surface area contributed by atoms with E-state index in [0.717, 1.165) is 51.0 Å². The van der Waals surface area contributed by atoms with Crippen LogP contribution >= 0.6 is 0 Å². The molecule has 1 aromatic carbocycles. The zero-order chi connectivity index (χ0) is 23.1. The van der Waals surface area contributed by atoms with E-state index in [4.69, 9.17) is 14.2 Å². The average molecular weight is 447 g/mol. The van der Waals surface area contributed by atoms with Crippen LogP contribution in [0.5, 0.6) is 0 Å². The van der Waals surface area contributed by atoms with Gasteiger partial charge in [-0.05, 0) is 37.3 Å². The summed E-state index contributed by atoms with van der Waals surface area (Å²) in [5.41, 5.74) is 0.233. The Hall–Kier alpha value is -1.11. The second kappa shape index (κ2) is 15.7. The van der Waals surface area contributed by atoms with Gasteiger partial charge in [0.1, 0.15) is 5.82 Å². The summed E-state index contributed by atoms with van der Waals surface area (Å²) in [4.78, 5) is 0. The van der Waals surface area contributed by atoms with Crippen molar-refractivity contribution >= 4 is 0 Å². The summed E-state index contributed by atoms with van der Waals surface area (Å²) in [6.45, 7) is 2.22. The summed E-state index contributed by atoms with van der Waals surface area (Å²) in [7, 11) is 4.83. The molecule has 0 saturated carbocycles. The predicted octanol–water partition coefficient (Wildman–Crippen LogP) is 7.56. The maximum atomic E-state index is 13.7. The van der Waals surface area contributed by atoms with Crippen LogP contribution in [0.15, 0.2) is 12.1 Å². The second-order valence-electron chi connectivity index (χ2n) is 8.28. The third-order valence-corrected chi connectivity index (χ3v) is 6.10. The van der Waals surface area contributed by atoms with Crippen LogP contribution in [0, 0.1) is 23.4 Å². The first-order valence-electron chi connectivity index (χ1n) is 11.7. The van der Waals surface area contributed by atoms with E-state index in [1.165, 1.54) is 32.1 Å². The molecular weight excluding hydrogens is 405 g/mol. The quantitative estimate of drug-likeness (QED) is 0.132. The minimum absolute atomic E-state index is 0.127. The molecule has 0 spiro atoms. The molecule has 0 aliphatic rings. The van der Waals surface area contributed by atoms with Crippen LogP contribution < -0.4 is 0 Å². The van der Waals surface area contributed by atoms with Crippen LogP contribution in [-0.2, 0) is 20.6 Å². The van der Waals surface area contributed by atoms with Crippen molar-refractivity contribution in [2.75, 3.05) is 21.3 Å². The van der Waals surface area contributed by atoms with Crippen molar-refractivity contribution in [1.82, 2.24) is 0 Å². The standard InChI is InChI=1S/C25H41F3O3/c1-5-6-7-8-9-13-16-21(25(29-2,30-3)31-4)17-14-11-10-12-15-20-18-23(27)24(28)19-22(20)26/h18-19,21H,5-17H2,1-4H3. The number of methoxy groups -OCH3 is 3. The summed E-state index contributed by atoms with van der Waals surface area (Å²) < 4.78 is 56.9. The first kappa shape index (κ1) is 27.9. The number of ether oxygens (including phenoxy) is 3. The van der Waals surface area contributed by atoms with Gasteiger partial charge in [0, 0.05) is 33.3 Å². The SMILES string of the molecule is CCCCCCCCC(CCCCCCc1cc(F)c(F)cc1F)C(OC)(OC)OC. The van der Waals surface area contributed by atoms with Gasteiger partial charge in [-0.15, -0.1) is 0 Å². The number of hydrogen-bond acceptors (Lipinski definition) is 3. The zero-order valence-electron chi connectivity index (χ0n) is 19.8. The molecule has 6 heteroatoms. The summed E-state index contributed by atoms with van der Waals surface area (Å²) in [5.74, 6) is -3.72. The van der Waals surface area contributed by atoms with E-state index in [1.807, 2.05) is 0 Å². The van der Waals surface area contributed by atoms with E-state index in [2.05, 4.69) is 6.92 Å². The molecule has 0 aliphatic carbocycles. The Kier molecular flexibility index (Phi) is 14.1. The maximum absolute atomic E-state index is 13.7. The predicted molar refractivity (Wildman–Crippen MR) is 118 cm³/mol. The normalized spacial score (nSPS) is 13.0. The first-order valence-corrected chi connectivity index (χ1v) is 11.7. The molecule has 0 amide bonds. The van der Waals surface area contributed by atoms with Crippen molar-refractivity contribution in [3.63, 3.8) is 0 Å². The minimum atomic E-state index is -1.14. The van der Waals surface area contributed by atoms with Gasteiger partial charge in [0.15, 0.2) is 11.6 Å². The van der Waals surface area contributed by atoms with E-state index in [9.17, 15) is 13.2 Å². The van der Waals surface area contributed by atoms with Crippen molar-refractivity contribution in [2.45, 2.75) is 96.4 Å². The molecule has 3 nitrogen and oxygen atoms in total. The van der Waals surface area contributed by atoms with Gasteiger partial charge < -0.3 is 14.2 Å². The number of aryl methyl sites for hydroxylation is 1. The van der Waals surface area contributed by atoms with E-state index >= 15 is 0 Å². The van der Waals surface area contributed by atoms with Gasteiger partial charge in [-0.2, -0.15) is 0 Å². The topological polar surface area (TPSA) is 27.7 Å². The molecule has 1 rings (SSSR count). The van der Waals surface area contributed by atoms with Crippen LogP contribution in [0.2, 0.25) is 0 Å². The van der Waals surface area contributed by atoms with E-state index in [0.29, 0.717) is 12.5 Å². The molecule has 0 aliphatic heterocycles. The number of benzene rings is 1. The highest BCUT2D eigenvalue weighted by molar-refractivity contribution is 5.20. The summed E-state index contributed by atoms with van der Waals surface area (Å²) in [6.07, 6.45) is 13.2. The molecular formula is C25H41F3O3. The molecule has 0 radical (unpaired) electrons. The van der Waals surface area contributed by atoms with Crippen LogP contribution in [0.4, 0.5) is 13.2 Å². The lowest BCUT2D eigenvalue weighted by molar-refractivity contribution is -0.380. The number of halogens is 3. The van der Waals surface area contributed by atoms with Gasteiger partial charge >= 0.3 is 0 Å². The van der Waals surface area contributed by atoms with Crippen LogP contribution in [0.3, 0.4) is 0 Å². The Labute approximate surface area is 186 Å². The highest BCUT2D eigenvalue weighted by Crippen LogP contribution is 2.33. The average Bonchev–Trinajstić information content (AvgIpc) is 2.77. The van der Waals surface area contributed by atoms with Crippen LogP contribution in [0.1, 0.15) is 89.5 Å². The lowest BCUT2D eigenvalue weighted by atomic mass is 9.91. The molecule has 0 fully saturated rings. The van der Waals surface area contributed by atoms with Gasteiger partial charge in [0.25, 0.3) is 5.97 Å². The first-order chi connectivity index (χ1) is 14.9. The molecule has 1 atom stereocenters. The largest absolute Gasteiger partial charge is 0.331 e. The highest BCUT2D eigenvalue weighted by Gasteiger charge is 2.39. The van der Waals surface area contributed by atoms with Crippen molar-refractivity contribution in [2.24, 2.45) is 5.92 Å². The zero-order valence-corrected chi connectivity index (χ0v) is 19.8. The van der Waals surface area contributed by atoms with Gasteiger partial charge in [0.05, 0.1) is 0 Å². The Morgan fingerprint density at radius 2 is 1.16 bits per heavy atom. The lowest BCUT2D eigenvalue weighted by Crippen LogP contribution is -2.44. The molecule has 1 aromatic rings. The van der Waals surface area contributed by atoms with E-state index < -0.39 is 23.4 Å². The fourth-order valence-electron chi connectivity index (χ4n) is 4.23. The van der Waals surface area contributed by atoms with Crippen molar-refractivity contribution in [3.8, 4) is 0 Å². The second-order valence-corrected chi connectivity index (χ2v) is 8.28. The summed E-state index contributed by atoms with van der Waals surface area (Å²) in [5, 5.41) is 0. The minimum Gasteiger partial charge on any atom is -0.331 e. The fraction of sp³-hybridized carbons (Fsp3) is 0.760. The smallest absolute Gasteiger partial charge is 0.285 e. The Balaban J connectivity index is 2.44. The maximum Gasteiger partial charge on any atom is 0.285 e. The van der Waals surface area contributed by atoms with Gasteiger partial charge in [0.2, 0.25) is 0 Å². The third-order valence-electron chi connectivity index (χ3n) is 6.10. The molecule has 0 bridgehead atoms. The van der Waals surface area contributed by atoms with Crippen molar-refractivity contribution < 1.29 is 27.4 Å².